The summed E-state index contributed by atoms with van der Waals surface area (Å²) in [6.07, 6.45) is 17.4. The van der Waals surface area contributed by atoms with Gasteiger partial charge in [-0.15, -0.1) is 0 Å². The van der Waals surface area contributed by atoms with Crippen LogP contribution in [0.3, 0.4) is 0 Å². The van der Waals surface area contributed by atoms with E-state index in [0.717, 1.165) is 58.4 Å². The maximum absolute atomic E-state index is 12.8. The van der Waals surface area contributed by atoms with Crippen LogP contribution in [0.25, 0.3) is 0 Å². The average Bonchev–Trinajstić information content (AvgIpc) is 2.92. The summed E-state index contributed by atoms with van der Waals surface area (Å²) in [6.45, 7) is 9.85. The van der Waals surface area contributed by atoms with Gasteiger partial charge in [0.2, 0.25) is 0 Å². The van der Waals surface area contributed by atoms with Crippen molar-refractivity contribution in [1.29, 1.82) is 0 Å². The van der Waals surface area contributed by atoms with Crippen molar-refractivity contribution in [3.63, 3.8) is 0 Å². The Morgan fingerprint density at radius 1 is 0.800 bits per heavy atom. The van der Waals surface area contributed by atoms with Gasteiger partial charge in [-0.25, -0.2) is 4.79 Å². The average molecular weight is 422 g/mol. The molecule has 2 amide bonds. The highest BCUT2D eigenvalue weighted by atomic mass is 16.5. The molecule has 2 heterocycles. The molecular weight excluding hydrogens is 374 g/mol. The predicted molar refractivity (Wildman–Crippen MR) is 124 cm³/mol. The highest BCUT2D eigenvalue weighted by molar-refractivity contribution is 5.75. The van der Waals surface area contributed by atoms with Gasteiger partial charge < -0.3 is 14.5 Å². The summed E-state index contributed by atoms with van der Waals surface area (Å²) in [6, 6.07) is 1.07. The van der Waals surface area contributed by atoms with Crippen LogP contribution in [-0.2, 0) is 4.74 Å². The van der Waals surface area contributed by atoms with Crippen LogP contribution in [0.1, 0.15) is 90.4 Å². The monoisotopic (exact) mass is 421 g/mol. The van der Waals surface area contributed by atoms with Crippen molar-refractivity contribution in [2.75, 3.05) is 52.5 Å². The van der Waals surface area contributed by atoms with Crippen LogP contribution < -0.4 is 0 Å². The van der Waals surface area contributed by atoms with Crippen molar-refractivity contribution in [3.05, 3.63) is 0 Å². The minimum Gasteiger partial charge on any atom is -0.381 e. The third kappa shape index (κ3) is 7.71. The molecule has 3 fully saturated rings. The first kappa shape index (κ1) is 23.8. The molecule has 0 unspecified atom stereocenters. The number of hydrogen-bond acceptors (Lipinski definition) is 3. The van der Waals surface area contributed by atoms with Crippen molar-refractivity contribution in [2.24, 2.45) is 5.92 Å². The molecule has 5 heteroatoms. The van der Waals surface area contributed by atoms with Crippen molar-refractivity contribution in [2.45, 2.75) is 96.4 Å². The largest absolute Gasteiger partial charge is 0.381 e. The van der Waals surface area contributed by atoms with Gasteiger partial charge in [0.05, 0.1) is 6.61 Å². The first-order valence-corrected chi connectivity index (χ1v) is 13.1. The van der Waals surface area contributed by atoms with Gasteiger partial charge in [0.25, 0.3) is 0 Å². The minimum absolute atomic E-state index is 0.264. The van der Waals surface area contributed by atoms with Crippen molar-refractivity contribution < 1.29 is 9.53 Å². The van der Waals surface area contributed by atoms with E-state index in [4.69, 9.17) is 4.74 Å². The number of likely N-dealkylation sites (tertiary alicyclic amines) is 1. The van der Waals surface area contributed by atoms with Gasteiger partial charge in [0.15, 0.2) is 0 Å². The van der Waals surface area contributed by atoms with Gasteiger partial charge in [-0.2, -0.15) is 0 Å². The first-order chi connectivity index (χ1) is 14.8. The summed E-state index contributed by atoms with van der Waals surface area (Å²) in [5, 5.41) is 0. The van der Waals surface area contributed by atoms with Gasteiger partial charge >= 0.3 is 6.03 Å². The fourth-order valence-corrected chi connectivity index (χ4v) is 5.04. The summed E-state index contributed by atoms with van der Waals surface area (Å²) in [7, 11) is 0. The Morgan fingerprint density at radius 3 is 2.17 bits per heavy atom. The second-order valence-corrected chi connectivity index (χ2v) is 9.92. The second-order valence-electron chi connectivity index (χ2n) is 9.92. The Labute approximate surface area is 185 Å². The Balaban J connectivity index is 1.15. The Hall–Kier alpha value is -0.810. The number of unbranched alkanes of at least 4 members (excludes halogenated alkanes) is 8. The van der Waals surface area contributed by atoms with Gasteiger partial charge in [-0.1, -0.05) is 64.7 Å². The summed E-state index contributed by atoms with van der Waals surface area (Å²) < 4.78 is 5.89. The van der Waals surface area contributed by atoms with Crippen molar-refractivity contribution in [1.82, 2.24) is 14.7 Å². The molecule has 0 aromatic carbocycles. The molecule has 0 aromatic heterocycles. The van der Waals surface area contributed by atoms with Gasteiger partial charge in [-0.3, -0.25) is 4.90 Å². The standard InChI is InChI=1S/C25H47N3O2/c1-2-3-4-5-6-7-8-9-10-19-30-22-23-20-28(21-23)25(29)27-16-12-15-26(17-18-27)24-13-11-14-24/h23-24H,2-22H2,1H3. The highest BCUT2D eigenvalue weighted by Crippen LogP contribution is 2.26. The van der Waals surface area contributed by atoms with Crippen molar-refractivity contribution in [3.8, 4) is 0 Å². The molecule has 2 aliphatic heterocycles. The van der Waals surface area contributed by atoms with Crippen LogP contribution in [0.2, 0.25) is 0 Å². The molecule has 3 aliphatic rings. The number of hydrogen-bond donors (Lipinski definition) is 0. The molecule has 0 N–H and O–H groups in total. The topological polar surface area (TPSA) is 36.0 Å². The highest BCUT2D eigenvalue weighted by Gasteiger charge is 2.34. The number of carbonyl (C=O) groups is 1. The summed E-state index contributed by atoms with van der Waals surface area (Å²) in [5.74, 6) is 0.547. The number of urea groups is 1. The predicted octanol–water partition coefficient (Wildman–Crippen LogP) is 5.15. The zero-order valence-electron chi connectivity index (χ0n) is 19.7. The number of nitrogens with zero attached hydrogens (tertiary/aromatic N) is 3. The third-order valence-corrected chi connectivity index (χ3v) is 7.37. The van der Waals surface area contributed by atoms with Crippen LogP contribution in [0.15, 0.2) is 0 Å². The number of ether oxygens (including phenoxy) is 1. The number of amides is 2. The molecule has 30 heavy (non-hydrogen) atoms. The van der Waals surface area contributed by atoms with Crippen LogP contribution in [0, 0.1) is 5.92 Å². The van der Waals surface area contributed by atoms with Crippen LogP contribution in [0.5, 0.6) is 0 Å². The molecule has 0 atom stereocenters. The molecular formula is C25H47N3O2. The maximum Gasteiger partial charge on any atom is 0.320 e. The lowest BCUT2D eigenvalue weighted by Gasteiger charge is -2.42. The van der Waals surface area contributed by atoms with Crippen LogP contribution in [-0.4, -0.2) is 79.3 Å². The van der Waals surface area contributed by atoms with Crippen LogP contribution >= 0.6 is 0 Å². The molecule has 5 nitrogen and oxygen atoms in total. The number of rotatable bonds is 13. The lowest BCUT2D eigenvalue weighted by atomic mass is 9.91. The lowest BCUT2D eigenvalue weighted by molar-refractivity contribution is 0.0226. The summed E-state index contributed by atoms with van der Waals surface area (Å²) in [4.78, 5) is 19.5. The van der Waals surface area contributed by atoms with E-state index in [0.29, 0.717) is 5.92 Å². The smallest absolute Gasteiger partial charge is 0.320 e. The van der Waals surface area contributed by atoms with E-state index < -0.39 is 0 Å². The van der Waals surface area contributed by atoms with E-state index >= 15 is 0 Å². The third-order valence-electron chi connectivity index (χ3n) is 7.37. The fraction of sp³-hybridized carbons (Fsp3) is 0.960. The van der Waals surface area contributed by atoms with E-state index in [-0.39, 0.29) is 6.03 Å². The molecule has 2 saturated heterocycles. The molecule has 1 saturated carbocycles. The van der Waals surface area contributed by atoms with E-state index in [1.165, 1.54) is 83.6 Å². The minimum atomic E-state index is 0.264. The van der Waals surface area contributed by atoms with Crippen molar-refractivity contribution >= 4 is 6.03 Å². The van der Waals surface area contributed by atoms with E-state index in [1.54, 1.807) is 0 Å². The SMILES string of the molecule is CCCCCCCCCCCOCC1CN(C(=O)N2CCCN(C3CCC3)CC2)C1. The molecule has 1 aliphatic carbocycles. The Morgan fingerprint density at radius 2 is 1.50 bits per heavy atom. The molecule has 174 valence electrons. The zero-order valence-corrected chi connectivity index (χ0v) is 19.7. The zero-order chi connectivity index (χ0) is 21.0. The molecule has 0 bridgehead atoms. The fourth-order valence-electron chi connectivity index (χ4n) is 5.04. The van der Waals surface area contributed by atoms with E-state index in [2.05, 4.69) is 16.7 Å². The van der Waals surface area contributed by atoms with Gasteiger partial charge in [-0.05, 0) is 25.7 Å². The Bertz CT molecular complexity index is 477. The van der Waals surface area contributed by atoms with Gasteiger partial charge in [0.1, 0.15) is 0 Å². The van der Waals surface area contributed by atoms with Gasteiger partial charge in [0, 0.05) is 57.8 Å². The van der Waals surface area contributed by atoms with Crippen LogP contribution in [0.4, 0.5) is 4.79 Å². The first-order valence-electron chi connectivity index (χ1n) is 13.1. The lowest BCUT2D eigenvalue weighted by Crippen LogP contribution is -2.56. The van der Waals surface area contributed by atoms with E-state index in [1.807, 2.05) is 4.90 Å². The normalized spacial score (nSPS) is 21.4. The second kappa shape index (κ2) is 13.6. The molecule has 0 aromatic rings. The quantitative estimate of drug-likeness (QED) is 0.386. The number of carbonyl (C=O) groups excluding carboxylic acids is 1. The Kier molecular flexibility index (Phi) is 10.8. The molecule has 0 radical (unpaired) electrons. The summed E-state index contributed by atoms with van der Waals surface area (Å²) in [5.41, 5.74) is 0. The molecule has 0 spiro atoms. The maximum atomic E-state index is 12.8. The molecule has 3 rings (SSSR count). The summed E-state index contributed by atoms with van der Waals surface area (Å²) >= 11 is 0. The van der Waals surface area contributed by atoms with E-state index in [9.17, 15) is 4.79 Å².